The van der Waals surface area contributed by atoms with Crippen molar-refractivity contribution in [3.63, 3.8) is 0 Å². The van der Waals surface area contributed by atoms with Crippen LogP contribution in [-0.2, 0) is 76.6 Å². The molecule has 0 saturated carbocycles. The van der Waals surface area contributed by atoms with Gasteiger partial charge in [0.25, 0.3) is 16.0 Å². The Hall–Kier alpha value is -6.01. The van der Waals surface area contributed by atoms with Crippen molar-refractivity contribution in [1.82, 2.24) is 60.2 Å². The number of likely N-dealkylation sites (N-methyl/N-ethyl adjacent to an activating group) is 6. The van der Waals surface area contributed by atoms with Crippen LogP contribution in [0.15, 0.2) is 12.3 Å². The van der Waals surface area contributed by atoms with Gasteiger partial charge in [0.1, 0.15) is 72.6 Å². The first kappa shape index (κ1) is 84.4. The maximum Gasteiger partial charge on any atom is 0.269 e. The molecule has 0 aromatic heterocycles. The van der Waals surface area contributed by atoms with E-state index in [9.17, 15) is 22.8 Å². The molecule has 29 heteroatoms. The number of ether oxygens (including phenoxy) is 2. The van der Waals surface area contributed by atoms with Crippen LogP contribution in [0.2, 0.25) is 0 Å². The van der Waals surface area contributed by atoms with Crippen molar-refractivity contribution in [2.75, 3.05) is 94.6 Å². The lowest BCUT2D eigenvalue weighted by Crippen LogP contribution is -2.69. The van der Waals surface area contributed by atoms with Gasteiger partial charge in [0.05, 0.1) is 32.2 Å². The molecule has 3 N–H and O–H groups in total. The van der Waals surface area contributed by atoms with Crippen molar-refractivity contribution >= 4 is 69.2 Å². The van der Waals surface area contributed by atoms with E-state index in [2.05, 4.69) is 27.4 Å². The highest BCUT2D eigenvalue weighted by Gasteiger charge is 2.53. The second-order valence-corrected chi connectivity index (χ2v) is 31.0. The van der Waals surface area contributed by atoms with Gasteiger partial charge in [0, 0.05) is 73.7 Å². The van der Waals surface area contributed by atoms with Gasteiger partial charge in [-0.1, -0.05) is 82.2 Å². The van der Waals surface area contributed by atoms with Crippen LogP contribution >= 0.6 is 0 Å². The molecule has 4 fully saturated rings. The van der Waals surface area contributed by atoms with Crippen molar-refractivity contribution in [2.24, 2.45) is 29.6 Å². The molecular formula is C69H122N12O16S. The molecule has 2 bridgehead atoms. The molecule has 4 heterocycles. The first-order valence-electron chi connectivity index (χ1n) is 35.4. The second-order valence-electron chi connectivity index (χ2n) is 29.3. The number of unbranched alkanes of at least 4 members (excludes halogenated alkanes) is 2. The van der Waals surface area contributed by atoms with E-state index < -0.39 is 166 Å². The summed E-state index contributed by atoms with van der Waals surface area (Å²) in [5, 5.41) is 10.2. The average molecular weight is 1410 g/mol. The number of carbonyl (C=O) groups excluding carboxylic acids is 10. The Balaban J connectivity index is 1.96. The van der Waals surface area contributed by atoms with E-state index in [1.165, 1.54) is 97.4 Å². The van der Waals surface area contributed by atoms with Gasteiger partial charge in [-0.3, -0.25) is 61.9 Å². The van der Waals surface area contributed by atoms with Gasteiger partial charge in [-0.25, -0.2) is 5.06 Å². The summed E-state index contributed by atoms with van der Waals surface area (Å²) in [7, 11) is 5.05. The van der Waals surface area contributed by atoms with Crippen LogP contribution in [0.25, 0.3) is 0 Å². The van der Waals surface area contributed by atoms with Gasteiger partial charge in [0.2, 0.25) is 53.2 Å². The molecule has 0 aliphatic carbocycles. The molecule has 4 aliphatic rings. The minimum Gasteiger partial charge on any atom is -0.379 e. The molecule has 4 rings (SSSR count). The van der Waals surface area contributed by atoms with Crippen molar-refractivity contribution < 1.29 is 74.9 Å². The van der Waals surface area contributed by atoms with Crippen LogP contribution in [0.3, 0.4) is 0 Å². The average Bonchev–Trinajstić information content (AvgIpc) is 0.756. The number of rotatable bonds is 21. The third kappa shape index (κ3) is 21.8. The van der Waals surface area contributed by atoms with Gasteiger partial charge in [-0.2, -0.15) is 8.42 Å². The SMILES string of the molecule is C=C1NC(CC)C(=O)N(C)[C@H](C)C(=O)N(C)C([C@@H](C)OCCCCN2CCOCC2)C(=O)NC(C(C)C)C(=O)N(C)[C@@H](CC(C)C)C(=O)NC(C)C(=O)N2C(C)C[C@@H](C(=O)N(C)[C@@H](C(C)C)C(=O)N3O[C@H]([C@H](C)CCCCOS(C)(=O)=O)[C@@H]13)N(C)C(=O)C(CC(C)C)N(C)C(=O)[C@H]2C. The van der Waals surface area contributed by atoms with Gasteiger partial charge in [-0.05, 0) is 122 Å². The number of morpholine rings is 1. The fourth-order valence-corrected chi connectivity index (χ4v) is 14.1. The molecule has 560 valence electrons. The number of nitrogens with one attached hydrogen (secondary N) is 3. The first-order valence-corrected chi connectivity index (χ1v) is 37.2. The van der Waals surface area contributed by atoms with Gasteiger partial charge < -0.3 is 59.7 Å². The second kappa shape index (κ2) is 37.6. The maximum absolute atomic E-state index is 15.7. The highest BCUT2D eigenvalue weighted by atomic mass is 32.2. The lowest BCUT2D eigenvalue weighted by atomic mass is 9.88. The number of carbonyl (C=O) groups is 10. The zero-order valence-electron chi connectivity index (χ0n) is 63.0. The number of hydroxylamine groups is 2. The van der Waals surface area contributed by atoms with Crippen LogP contribution in [0.5, 0.6) is 0 Å². The Morgan fingerprint density at radius 3 is 1.70 bits per heavy atom. The molecule has 0 radical (unpaired) electrons. The summed E-state index contributed by atoms with van der Waals surface area (Å²) in [6.45, 7) is 34.3. The predicted octanol–water partition coefficient (Wildman–Crippen LogP) is 3.08. The molecule has 0 aromatic rings. The lowest BCUT2D eigenvalue weighted by molar-refractivity contribution is -0.322. The summed E-state index contributed by atoms with van der Waals surface area (Å²) >= 11 is 0. The third-order valence-corrected chi connectivity index (χ3v) is 20.4. The van der Waals surface area contributed by atoms with E-state index in [1.807, 2.05) is 34.6 Å². The fourth-order valence-electron chi connectivity index (χ4n) is 13.7. The Bertz CT molecular complexity index is 2880. The van der Waals surface area contributed by atoms with E-state index in [4.69, 9.17) is 18.5 Å². The van der Waals surface area contributed by atoms with E-state index in [0.29, 0.717) is 38.9 Å². The number of hydrogen-bond acceptors (Lipinski definition) is 18. The van der Waals surface area contributed by atoms with Crippen molar-refractivity contribution in [2.45, 2.75) is 246 Å². The normalized spacial score (nSPS) is 29.3. The van der Waals surface area contributed by atoms with Crippen LogP contribution in [-0.4, -0.2) is 291 Å². The van der Waals surface area contributed by atoms with Gasteiger partial charge in [0.15, 0.2) is 0 Å². The number of amides is 10. The van der Waals surface area contributed by atoms with Crippen LogP contribution in [0.4, 0.5) is 0 Å². The van der Waals surface area contributed by atoms with Gasteiger partial charge in [-0.15, -0.1) is 0 Å². The zero-order valence-corrected chi connectivity index (χ0v) is 63.8. The molecule has 0 aromatic carbocycles. The molecule has 6 unspecified atom stereocenters. The molecule has 0 spiro atoms. The molecule has 28 nitrogen and oxygen atoms in total. The number of fused-ring (bicyclic) bond motifs is 4. The fraction of sp³-hybridized carbons (Fsp3) is 0.826. The minimum atomic E-state index is -3.69. The topological polar surface area (TPSA) is 307 Å². The Morgan fingerprint density at radius 2 is 1.14 bits per heavy atom. The van der Waals surface area contributed by atoms with Crippen molar-refractivity contribution in [1.29, 1.82) is 0 Å². The van der Waals surface area contributed by atoms with Crippen molar-refractivity contribution in [3.8, 4) is 0 Å². The van der Waals surface area contributed by atoms with Gasteiger partial charge >= 0.3 is 0 Å². The summed E-state index contributed by atoms with van der Waals surface area (Å²) in [4.78, 5) is 169. The van der Waals surface area contributed by atoms with E-state index in [-0.39, 0.29) is 62.3 Å². The highest BCUT2D eigenvalue weighted by Crippen LogP contribution is 2.37. The Kier molecular flexibility index (Phi) is 32.4. The molecule has 10 amide bonds. The summed E-state index contributed by atoms with van der Waals surface area (Å²) in [6, 6.07) is -14.4. The molecule has 15 atom stereocenters. The maximum atomic E-state index is 15.7. The van der Waals surface area contributed by atoms with E-state index in [1.54, 1.807) is 48.5 Å². The predicted molar refractivity (Wildman–Crippen MR) is 371 cm³/mol. The van der Waals surface area contributed by atoms with Crippen molar-refractivity contribution in [3.05, 3.63) is 12.3 Å². The number of hydrogen-bond donors (Lipinski definition) is 3. The quantitative estimate of drug-likeness (QED) is 0.110. The van der Waals surface area contributed by atoms with E-state index >= 15 is 33.6 Å². The summed E-state index contributed by atoms with van der Waals surface area (Å²) in [5.74, 6) is -8.25. The van der Waals surface area contributed by atoms with Crippen LogP contribution in [0.1, 0.15) is 162 Å². The molecule has 4 saturated heterocycles. The Labute approximate surface area is 584 Å². The largest absolute Gasteiger partial charge is 0.379 e. The molecular weight excluding hydrogens is 1280 g/mol. The zero-order chi connectivity index (χ0) is 74.3. The van der Waals surface area contributed by atoms with Crippen LogP contribution < -0.4 is 16.0 Å². The first-order chi connectivity index (χ1) is 45.6. The minimum absolute atomic E-state index is 0.0497. The summed E-state index contributed by atoms with van der Waals surface area (Å²) in [6.07, 6.45) is 2.24. The number of nitrogens with zero attached hydrogens (tertiary/aromatic N) is 9. The van der Waals surface area contributed by atoms with Crippen LogP contribution in [0, 0.1) is 29.6 Å². The van der Waals surface area contributed by atoms with E-state index in [0.717, 1.165) is 37.4 Å². The third-order valence-electron chi connectivity index (χ3n) is 19.9. The lowest BCUT2D eigenvalue weighted by Gasteiger charge is -2.52. The highest BCUT2D eigenvalue weighted by molar-refractivity contribution is 7.86. The summed E-state index contributed by atoms with van der Waals surface area (Å²) in [5.41, 5.74) is 0.195. The monoisotopic (exact) mass is 1410 g/mol. The Morgan fingerprint density at radius 1 is 0.582 bits per heavy atom. The summed E-state index contributed by atoms with van der Waals surface area (Å²) < 4.78 is 40.5. The molecule has 4 aliphatic heterocycles. The molecule has 98 heavy (non-hydrogen) atoms. The standard InChI is InChI=1S/C69H122N12O16S/c1-24-51-65(87)73(17)48(14)63(85)78(22)58(50(16)95-33-28-26-30-79-31-35-94-36-32-79)61(83)72-55(42(6)7)68(90)74(18)52(37-40(2)3)60(82)71-47(13)62(84)80-45(11)39-54(76(20)66(88)53(38-41(4)5)75(19)64(86)49(80)15)67(89)77(21)56(43(8)9)69(91)81-57(46(12)70-51)59(97-81)44(10)29-25-27-34-96-98(23,92)93/h40-45,47-59,70H,12,24-39H2,1-11,13-23H3,(H,71,82)(H,72,83)/t44-,45?,47?,48-,49-,50-,51?,52+,53?,54+,55?,56+,57-,58?,59-/m1/s1. The smallest absolute Gasteiger partial charge is 0.269 e.